The van der Waals surface area contributed by atoms with Crippen molar-refractivity contribution in [3.8, 4) is 0 Å². The molecule has 0 unspecified atom stereocenters. The van der Waals surface area contributed by atoms with Crippen molar-refractivity contribution in [2.24, 2.45) is 0 Å². The summed E-state index contributed by atoms with van der Waals surface area (Å²) in [5, 5.41) is 1.82. The third kappa shape index (κ3) is 3.53. The molecule has 0 atom stereocenters. The minimum Gasteiger partial charge on any atom is -0.273 e. The monoisotopic (exact) mass is 189 g/mol. The summed E-state index contributed by atoms with van der Waals surface area (Å²) >= 11 is 0. The molecule has 0 saturated carbocycles. The van der Waals surface area contributed by atoms with Gasteiger partial charge < -0.3 is 0 Å². The van der Waals surface area contributed by atoms with Crippen LogP contribution in [0.5, 0.6) is 0 Å². The predicted octanol–water partition coefficient (Wildman–Crippen LogP) is 1.22. The molecule has 1 aromatic rings. The maximum atomic E-state index is 10.9. The predicted molar refractivity (Wildman–Crippen MR) is 52.1 cm³/mol. The molecule has 0 heterocycles. The van der Waals surface area contributed by atoms with Gasteiger partial charge in [-0.05, 0) is 11.6 Å². The highest BCUT2D eigenvalue weighted by Crippen LogP contribution is 2.00. The lowest BCUT2D eigenvalue weighted by Crippen LogP contribution is -2.27. The van der Waals surface area contributed by atoms with E-state index in [1.54, 1.807) is 6.08 Å². The lowest BCUT2D eigenvalue weighted by Gasteiger charge is -1.93. The van der Waals surface area contributed by atoms with Crippen LogP contribution in [0.1, 0.15) is 5.56 Å². The fourth-order valence-corrected chi connectivity index (χ4v) is 0.890. The van der Waals surface area contributed by atoms with E-state index in [1.807, 2.05) is 35.6 Å². The Kier molecular flexibility index (Phi) is 3.43. The topological polar surface area (TPSA) is 70.0 Å². The third-order valence-corrected chi connectivity index (χ3v) is 1.46. The van der Waals surface area contributed by atoms with E-state index in [0.717, 1.165) is 5.56 Å². The molecular formula is C10H9N2O2. The van der Waals surface area contributed by atoms with Crippen LogP contribution in [-0.4, -0.2) is 11.9 Å². The first-order valence-electron chi connectivity index (χ1n) is 3.98. The number of hydrogen-bond donors (Lipinski definition) is 1. The Morgan fingerprint density at radius 1 is 1.21 bits per heavy atom. The Bertz CT molecular complexity index is 358. The zero-order valence-corrected chi connectivity index (χ0v) is 7.36. The summed E-state index contributed by atoms with van der Waals surface area (Å²) in [5.74, 6) is -0.589. The first-order valence-corrected chi connectivity index (χ1v) is 3.98. The number of urea groups is 1. The number of rotatable bonds is 2. The highest BCUT2D eigenvalue weighted by molar-refractivity contribution is 6.01. The van der Waals surface area contributed by atoms with Gasteiger partial charge in [0.1, 0.15) is 0 Å². The molecule has 0 aromatic heterocycles. The van der Waals surface area contributed by atoms with Crippen molar-refractivity contribution in [1.29, 1.82) is 0 Å². The fourth-order valence-electron chi connectivity index (χ4n) is 0.890. The Morgan fingerprint density at radius 2 is 1.86 bits per heavy atom. The molecule has 0 bridgehead atoms. The lowest BCUT2D eigenvalue weighted by atomic mass is 10.2. The molecule has 1 rings (SSSR count). The molecule has 71 valence electrons. The normalized spacial score (nSPS) is 10.0. The zero-order valence-electron chi connectivity index (χ0n) is 7.36. The van der Waals surface area contributed by atoms with Crippen LogP contribution in [0.15, 0.2) is 36.4 Å². The van der Waals surface area contributed by atoms with Gasteiger partial charge in [0.05, 0.1) is 0 Å². The van der Waals surface area contributed by atoms with Gasteiger partial charge in [-0.25, -0.2) is 10.5 Å². The zero-order chi connectivity index (χ0) is 10.4. The van der Waals surface area contributed by atoms with E-state index in [-0.39, 0.29) is 0 Å². The SMILES string of the molecule is [NH]C(=O)NC(=O)C=Cc1ccccc1. The molecule has 0 aliphatic carbocycles. The van der Waals surface area contributed by atoms with Crippen molar-refractivity contribution in [3.05, 3.63) is 42.0 Å². The molecule has 1 radical (unpaired) electrons. The minimum atomic E-state index is -1.10. The molecule has 4 heteroatoms. The molecular weight excluding hydrogens is 180 g/mol. The van der Waals surface area contributed by atoms with E-state index in [2.05, 4.69) is 0 Å². The van der Waals surface area contributed by atoms with E-state index >= 15 is 0 Å². The second kappa shape index (κ2) is 4.81. The first kappa shape index (κ1) is 9.98. The maximum Gasteiger partial charge on any atom is 0.340 e. The minimum absolute atomic E-state index is 0.589. The number of nitrogens with one attached hydrogen (secondary N) is 2. The highest BCUT2D eigenvalue weighted by Gasteiger charge is 1.98. The van der Waals surface area contributed by atoms with Crippen LogP contribution in [0.4, 0.5) is 4.79 Å². The molecule has 0 aliphatic heterocycles. The number of imide groups is 1. The molecule has 14 heavy (non-hydrogen) atoms. The van der Waals surface area contributed by atoms with Gasteiger partial charge in [0.15, 0.2) is 0 Å². The highest BCUT2D eigenvalue weighted by atomic mass is 16.2. The molecule has 0 fully saturated rings. The van der Waals surface area contributed by atoms with Crippen molar-refractivity contribution >= 4 is 18.0 Å². The standard InChI is InChI=1S/C10H9N2O2/c11-10(14)12-9(13)7-6-8-4-2-1-3-5-8/h1-7,11H,(H,12,13,14). The van der Waals surface area contributed by atoms with E-state index in [4.69, 9.17) is 5.73 Å². The quantitative estimate of drug-likeness (QED) is 0.710. The van der Waals surface area contributed by atoms with Crippen LogP contribution >= 0.6 is 0 Å². The van der Waals surface area contributed by atoms with Gasteiger partial charge in [0.2, 0.25) is 0 Å². The Morgan fingerprint density at radius 3 is 2.43 bits per heavy atom. The summed E-state index contributed by atoms with van der Waals surface area (Å²) in [6.07, 6.45) is 2.78. The molecule has 1 aromatic carbocycles. The number of hydrogen-bond acceptors (Lipinski definition) is 2. The Labute approximate surface area is 81.4 Å². The lowest BCUT2D eigenvalue weighted by molar-refractivity contribution is -0.115. The van der Waals surface area contributed by atoms with Gasteiger partial charge in [0.25, 0.3) is 5.91 Å². The van der Waals surface area contributed by atoms with Gasteiger partial charge >= 0.3 is 6.03 Å². The van der Waals surface area contributed by atoms with Gasteiger partial charge in [-0.15, -0.1) is 0 Å². The van der Waals surface area contributed by atoms with Gasteiger partial charge in [-0.3, -0.25) is 10.1 Å². The fraction of sp³-hybridized carbons (Fsp3) is 0. The van der Waals surface area contributed by atoms with Crippen LogP contribution in [0, 0.1) is 0 Å². The third-order valence-electron chi connectivity index (χ3n) is 1.46. The van der Waals surface area contributed by atoms with E-state index in [1.165, 1.54) is 6.08 Å². The Balaban J connectivity index is 2.56. The van der Waals surface area contributed by atoms with E-state index in [9.17, 15) is 9.59 Å². The van der Waals surface area contributed by atoms with Crippen molar-refractivity contribution < 1.29 is 9.59 Å². The van der Waals surface area contributed by atoms with Crippen molar-refractivity contribution in [2.75, 3.05) is 0 Å². The summed E-state index contributed by atoms with van der Waals surface area (Å²) in [4.78, 5) is 21.1. The van der Waals surface area contributed by atoms with Gasteiger partial charge in [0, 0.05) is 6.08 Å². The summed E-state index contributed by atoms with van der Waals surface area (Å²) in [5.41, 5.74) is 7.35. The van der Waals surface area contributed by atoms with Gasteiger partial charge in [-0.1, -0.05) is 30.3 Å². The summed E-state index contributed by atoms with van der Waals surface area (Å²) < 4.78 is 0. The van der Waals surface area contributed by atoms with E-state index < -0.39 is 11.9 Å². The summed E-state index contributed by atoms with van der Waals surface area (Å²) in [6.45, 7) is 0. The number of carbonyl (C=O) groups is 2. The number of benzene rings is 1. The molecule has 0 aliphatic rings. The van der Waals surface area contributed by atoms with Crippen LogP contribution in [0.25, 0.3) is 6.08 Å². The second-order valence-corrected chi connectivity index (χ2v) is 2.56. The molecule has 4 nitrogen and oxygen atoms in total. The van der Waals surface area contributed by atoms with Crippen molar-refractivity contribution in [2.45, 2.75) is 0 Å². The number of amides is 3. The summed E-state index contributed by atoms with van der Waals surface area (Å²) in [7, 11) is 0. The van der Waals surface area contributed by atoms with Crippen LogP contribution < -0.4 is 11.1 Å². The smallest absolute Gasteiger partial charge is 0.273 e. The Hall–Kier alpha value is -2.10. The largest absolute Gasteiger partial charge is 0.340 e. The molecule has 3 amide bonds. The number of carbonyl (C=O) groups excluding carboxylic acids is 2. The van der Waals surface area contributed by atoms with Gasteiger partial charge in [-0.2, -0.15) is 0 Å². The van der Waals surface area contributed by atoms with Crippen LogP contribution in [0.3, 0.4) is 0 Å². The second-order valence-electron chi connectivity index (χ2n) is 2.56. The van der Waals surface area contributed by atoms with Crippen LogP contribution in [-0.2, 0) is 4.79 Å². The molecule has 2 N–H and O–H groups in total. The van der Waals surface area contributed by atoms with Crippen molar-refractivity contribution in [3.63, 3.8) is 0 Å². The molecule has 0 spiro atoms. The maximum absolute atomic E-state index is 10.9. The average Bonchev–Trinajstić information content (AvgIpc) is 2.15. The first-order chi connectivity index (χ1) is 6.68. The van der Waals surface area contributed by atoms with E-state index in [0.29, 0.717) is 0 Å². The summed E-state index contributed by atoms with van der Waals surface area (Å²) in [6, 6.07) is 8.09. The van der Waals surface area contributed by atoms with Crippen LogP contribution in [0.2, 0.25) is 0 Å². The average molecular weight is 189 g/mol. The van der Waals surface area contributed by atoms with Crippen molar-refractivity contribution in [1.82, 2.24) is 11.1 Å². The molecule has 0 saturated heterocycles.